The second kappa shape index (κ2) is 5.05. The number of amides is 1. The lowest BCUT2D eigenvalue weighted by Crippen LogP contribution is -2.30. The molecular weight excluding hydrogens is 236 g/mol. The zero-order valence-electron chi connectivity index (χ0n) is 10.0. The van der Waals surface area contributed by atoms with Crippen molar-refractivity contribution in [2.24, 2.45) is 5.41 Å². The van der Waals surface area contributed by atoms with Gasteiger partial charge in [0.05, 0.1) is 0 Å². The van der Waals surface area contributed by atoms with Crippen LogP contribution in [-0.4, -0.2) is 17.4 Å². The third-order valence-corrected chi connectivity index (χ3v) is 3.56. The standard InChI is InChI=1S/C13H17ClN2O/c1-2-4-13(5-6-13)9-16-12(17)10-3-7-15-11(14)8-10/h3,7-8H,2,4-6,9H2,1H3,(H,16,17). The summed E-state index contributed by atoms with van der Waals surface area (Å²) in [7, 11) is 0. The maximum atomic E-state index is 11.9. The van der Waals surface area contributed by atoms with E-state index in [2.05, 4.69) is 17.2 Å². The fourth-order valence-corrected chi connectivity index (χ4v) is 2.31. The van der Waals surface area contributed by atoms with Crippen LogP contribution in [0.25, 0.3) is 0 Å². The average molecular weight is 253 g/mol. The van der Waals surface area contributed by atoms with Crippen LogP contribution in [0.2, 0.25) is 5.15 Å². The molecule has 2 rings (SSSR count). The zero-order valence-corrected chi connectivity index (χ0v) is 10.8. The normalized spacial score (nSPS) is 16.6. The summed E-state index contributed by atoms with van der Waals surface area (Å²) in [4.78, 5) is 15.7. The van der Waals surface area contributed by atoms with Gasteiger partial charge in [-0.1, -0.05) is 24.9 Å². The van der Waals surface area contributed by atoms with Crippen molar-refractivity contribution >= 4 is 17.5 Å². The Morgan fingerprint density at radius 2 is 2.35 bits per heavy atom. The van der Waals surface area contributed by atoms with Gasteiger partial charge in [0.1, 0.15) is 5.15 Å². The van der Waals surface area contributed by atoms with Crippen molar-refractivity contribution in [3.8, 4) is 0 Å². The Morgan fingerprint density at radius 3 is 2.94 bits per heavy atom. The monoisotopic (exact) mass is 252 g/mol. The summed E-state index contributed by atoms with van der Waals surface area (Å²) in [6.07, 6.45) is 6.40. The summed E-state index contributed by atoms with van der Waals surface area (Å²) in [5, 5.41) is 3.34. The number of hydrogen-bond acceptors (Lipinski definition) is 2. The van der Waals surface area contributed by atoms with Crippen LogP contribution in [0.4, 0.5) is 0 Å². The minimum atomic E-state index is -0.0586. The maximum Gasteiger partial charge on any atom is 0.251 e. The number of nitrogens with zero attached hydrogens (tertiary/aromatic N) is 1. The number of nitrogens with one attached hydrogen (secondary N) is 1. The highest BCUT2D eigenvalue weighted by atomic mass is 35.5. The van der Waals surface area contributed by atoms with Gasteiger partial charge >= 0.3 is 0 Å². The third kappa shape index (κ3) is 3.19. The summed E-state index contributed by atoms with van der Waals surface area (Å²) >= 11 is 5.75. The molecule has 0 radical (unpaired) electrons. The number of rotatable bonds is 5. The van der Waals surface area contributed by atoms with Gasteiger partial charge in [0.2, 0.25) is 0 Å². The van der Waals surface area contributed by atoms with E-state index >= 15 is 0 Å². The predicted molar refractivity (Wildman–Crippen MR) is 68.2 cm³/mol. The Hall–Kier alpha value is -1.09. The highest BCUT2D eigenvalue weighted by molar-refractivity contribution is 6.29. The van der Waals surface area contributed by atoms with Crippen LogP contribution in [0.1, 0.15) is 43.0 Å². The molecule has 0 spiro atoms. The lowest BCUT2D eigenvalue weighted by atomic mass is 10.0. The van der Waals surface area contributed by atoms with Crippen molar-refractivity contribution < 1.29 is 4.79 Å². The van der Waals surface area contributed by atoms with Gasteiger partial charge in [0.15, 0.2) is 0 Å². The average Bonchev–Trinajstić information content (AvgIpc) is 3.07. The van der Waals surface area contributed by atoms with Gasteiger partial charge < -0.3 is 5.32 Å². The van der Waals surface area contributed by atoms with E-state index in [4.69, 9.17) is 11.6 Å². The van der Waals surface area contributed by atoms with Crippen LogP contribution in [-0.2, 0) is 0 Å². The molecule has 0 unspecified atom stereocenters. The molecule has 1 aromatic heterocycles. The number of pyridine rings is 1. The molecule has 1 amide bonds. The van der Waals surface area contributed by atoms with Crippen molar-refractivity contribution in [3.63, 3.8) is 0 Å². The molecular formula is C13H17ClN2O. The quantitative estimate of drug-likeness (QED) is 0.819. The van der Waals surface area contributed by atoms with E-state index in [9.17, 15) is 4.79 Å². The van der Waals surface area contributed by atoms with E-state index in [1.165, 1.54) is 25.7 Å². The molecule has 1 fully saturated rings. The van der Waals surface area contributed by atoms with Gasteiger partial charge in [-0.3, -0.25) is 4.79 Å². The van der Waals surface area contributed by atoms with Crippen molar-refractivity contribution in [2.45, 2.75) is 32.6 Å². The molecule has 17 heavy (non-hydrogen) atoms. The Bertz CT molecular complexity index is 416. The van der Waals surface area contributed by atoms with E-state index in [1.54, 1.807) is 18.3 Å². The molecule has 92 valence electrons. The second-order valence-corrected chi connectivity index (χ2v) is 5.19. The number of aromatic nitrogens is 1. The van der Waals surface area contributed by atoms with Crippen LogP contribution in [0.3, 0.4) is 0 Å². The Balaban J connectivity index is 1.90. The Labute approximate surface area is 107 Å². The summed E-state index contributed by atoms with van der Waals surface area (Å²) < 4.78 is 0. The number of carbonyl (C=O) groups is 1. The zero-order chi connectivity index (χ0) is 12.3. The molecule has 0 bridgehead atoms. The molecule has 1 N–H and O–H groups in total. The maximum absolute atomic E-state index is 11.9. The smallest absolute Gasteiger partial charge is 0.251 e. The molecule has 1 saturated carbocycles. The van der Waals surface area contributed by atoms with Crippen LogP contribution >= 0.6 is 11.6 Å². The first kappa shape index (κ1) is 12.4. The second-order valence-electron chi connectivity index (χ2n) is 4.80. The summed E-state index contributed by atoms with van der Waals surface area (Å²) in [5.41, 5.74) is 0.957. The molecule has 1 aliphatic rings. The lowest BCUT2D eigenvalue weighted by Gasteiger charge is -2.14. The lowest BCUT2D eigenvalue weighted by molar-refractivity contribution is 0.0943. The molecule has 3 nitrogen and oxygen atoms in total. The molecule has 1 aromatic rings. The summed E-state index contributed by atoms with van der Waals surface area (Å²) in [5.74, 6) is -0.0586. The largest absolute Gasteiger partial charge is 0.351 e. The molecule has 0 aliphatic heterocycles. The van der Waals surface area contributed by atoms with E-state index < -0.39 is 0 Å². The predicted octanol–water partition coefficient (Wildman–Crippen LogP) is 3.05. The van der Waals surface area contributed by atoms with Crippen LogP contribution in [0.15, 0.2) is 18.3 Å². The minimum absolute atomic E-state index is 0.0586. The van der Waals surface area contributed by atoms with Crippen LogP contribution < -0.4 is 5.32 Å². The number of carbonyl (C=O) groups excluding carboxylic acids is 1. The molecule has 1 aliphatic carbocycles. The highest BCUT2D eigenvalue weighted by Gasteiger charge is 2.41. The van der Waals surface area contributed by atoms with Gasteiger partial charge in [-0.25, -0.2) is 4.98 Å². The molecule has 4 heteroatoms. The van der Waals surface area contributed by atoms with Crippen molar-refractivity contribution in [3.05, 3.63) is 29.0 Å². The van der Waals surface area contributed by atoms with Crippen molar-refractivity contribution in [1.82, 2.24) is 10.3 Å². The number of halogens is 1. The molecule has 0 saturated heterocycles. The molecule has 0 aromatic carbocycles. The van der Waals surface area contributed by atoms with Gasteiger partial charge in [0, 0.05) is 18.3 Å². The van der Waals surface area contributed by atoms with Crippen LogP contribution in [0.5, 0.6) is 0 Å². The van der Waals surface area contributed by atoms with E-state index in [0.29, 0.717) is 16.1 Å². The first-order valence-corrected chi connectivity index (χ1v) is 6.43. The molecule has 1 heterocycles. The fourth-order valence-electron chi connectivity index (χ4n) is 2.14. The Morgan fingerprint density at radius 1 is 1.59 bits per heavy atom. The Kier molecular flexibility index (Phi) is 3.67. The van der Waals surface area contributed by atoms with Crippen LogP contribution in [0, 0.1) is 5.41 Å². The summed E-state index contributed by atoms with van der Waals surface area (Å²) in [6, 6.07) is 3.27. The van der Waals surface area contributed by atoms with E-state index in [0.717, 1.165) is 6.54 Å². The van der Waals surface area contributed by atoms with Gasteiger partial charge in [-0.2, -0.15) is 0 Å². The SMILES string of the molecule is CCCC1(CNC(=O)c2ccnc(Cl)c2)CC1. The van der Waals surface area contributed by atoms with Gasteiger partial charge in [-0.15, -0.1) is 0 Å². The van der Waals surface area contributed by atoms with E-state index in [-0.39, 0.29) is 5.91 Å². The first-order chi connectivity index (χ1) is 8.15. The summed E-state index contributed by atoms with van der Waals surface area (Å²) in [6.45, 7) is 2.96. The number of hydrogen-bond donors (Lipinski definition) is 1. The molecule has 0 atom stereocenters. The highest BCUT2D eigenvalue weighted by Crippen LogP contribution is 2.48. The van der Waals surface area contributed by atoms with Crippen molar-refractivity contribution in [2.75, 3.05) is 6.54 Å². The minimum Gasteiger partial charge on any atom is -0.351 e. The van der Waals surface area contributed by atoms with E-state index in [1.807, 2.05) is 0 Å². The van der Waals surface area contributed by atoms with Gasteiger partial charge in [0.25, 0.3) is 5.91 Å². The van der Waals surface area contributed by atoms with Crippen molar-refractivity contribution in [1.29, 1.82) is 0 Å². The third-order valence-electron chi connectivity index (χ3n) is 3.35. The first-order valence-electron chi connectivity index (χ1n) is 6.05. The topological polar surface area (TPSA) is 42.0 Å². The fraction of sp³-hybridized carbons (Fsp3) is 0.538. The van der Waals surface area contributed by atoms with Gasteiger partial charge in [-0.05, 0) is 36.8 Å².